The summed E-state index contributed by atoms with van der Waals surface area (Å²) in [5, 5.41) is 4.37. The van der Waals surface area contributed by atoms with Crippen molar-refractivity contribution in [2.24, 2.45) is 5.41 Å². The van der Waals surface area contributed by atoms with E-state index in [0.29, 0.717) is 0 Å². The standard InChI is InChI=1S/C16H24ClNO/c1-4-18-11-16(7-8-19-13(16)3)10-14-6-5-12(2)9-15(14)17/h5-6,9,13,18H,4,7-8,10-11H2,1-3H3. The van der Waals surface area contributed by atoms with Gasteiger partial charge in [-0.3, -0.25) is 0 Å². The Balaban J connectivity index is 2.20. The number of hydrogen-bond donors (Lipinski definition) is 1. The molecule has 3 heteroatoms. The fraction of sp³-hybridized carbons (Fsp3) is 0.625. The third kappa shape index (κ3) is 3.31. The van der Waals surface area contributed by atoms with Crippen LogP contribution in [-0.4, -0.2) is 25.8 Å². The molecular weight excluding hydrogens is 258 g/mol. The Hall–Kier alpha value is -0.570. The highest BCUT2D eigenvalue weighted by atomic mass is 35.5. The molecule has 1 heterocycles. The van der Waals surface area contributed by atoms with Gasteiger partial charge in [0.05, 0.1) is 6.10 Å². The van der Waals surface area contributed by atoms with Crippen LogP contribution in [0.5, 0.6) is 0 Å². The summed E-state index contributed by atoms with van der Waals surface area (Å²) >= 11 is 6.39. The van der Waals surface area contributed by atoms with Crippen LogP contribution in [-0.2, 0) is 11.2 Å². The van der Waals surface area contributed by atoms with Crippen molar-refractivity contribution >= 4 is 11.6 Å². The van der Waals surface area contributed by atoms with E-state index in [0.717, 1.165) is 37.6 Å². The van der Waals surface area contributed by atoms with Crippen molar-refractivity contribution in [2.75, 3.05) is 19.7 Å². The lowest BCUT2D eigenvalue weighted by Gasteiger charge is -2.33. The van der Waals surface area contributed by atoms with Gasteiger partial charge in [0, 0.05) is 23.6 Å². The minimum atomic E-state index is 0.176. The van der Waals surface area contributed by atoms with Crippen LogP contribution in [0.4, 0.5) is 0 Å². The van der Waals surface area contributed by atoms with Crippen molar-refractivity contribution < 1.29 is 4.74 Å². The Morgan fingerprint density at radius 2 is 2.26 bits per heavy atom. The van der Waals surface area contributed by atoms with E-state index in [2.05, 4.69) is 44.3 Å². The highest BCUT2D eigenvalue weighted by molar-refractivity contribution is 6.31. The molecule has 2 atom stereocenters. The van der Waals surface area contributed by atoms with Crippen LogP contribution in [0.15, 0.2) is 18.2 Å². The van der Waals surface area contributed by atoms with Crippen LogP contribution < -0.4 is 5.32 Å². The maximum atomic E-state index is 6.39. The summed E-state index contributed by atoms with van der Waals surface area (Å²) in [7, 11) is 0. The first-order valence-corrected chi connectivity index (χ1v) is 7.52. The zero-order valence-corrected chi connectivity index (χ0v) is 12.9. The number of halogens is 1. The molecule has 106 valence electrons. The lowest BCUT2D eigenvalue weighted by molar-refractivity contribution is 0.0633. The molecule has 0 amide bonds. The molecule has 0 radical (unpaired) electrons. The molecule has 0 aromatic heterocycles. The molecular formula is C16H24ClNO. The van der Waals surface area contributed by atoms with Gasteiger partial charge < -0.3 is 10.1 Å². The van der Waals surface area contributed by atoms with Gasteiger partial charge in [-0.25, -0.2) is 0 Å². The maximum Gasteiger partial charge on any atom is 0.0619 e. The molecule has 1 N–H and O–H groups in total. The average molecular weight is 282 g/mol. The van der Waals surface area contributed by atoms with Gasteiger partial charge >= 0.3 is 0 Å². The quantitative estimate of drug-likeness (QED) is 0.890. The van der Waals surface area contributed by atoms with Crippen LogP contribution in [0.1, 0.15) is 31.4 Å². The number of aryl methyl sites for hydroxylation is 1. The predicted octanol–water partition coefficient (Wildman–Crippen LogP) is 3.60. The lowest BCUT2D eigenvalue weighted by Crippen LogP contribution is -2.41. The molecule has 1 aliphatic heterocycles. The van der Waals surface area contributed by atoms with Crippen molar-refractivity contribution in [1.29, 1.82) is 0 Å². The Labute approximate surface area is 121 Å². The fourth-order valence-electron chi connectivity index (χ4n) is 2.89. The molecule has 0 aliphatic carbocycles. The molecule has 0 bridgehead atoms. The van der Waals surface area contributed by atoms with E-state index in [1.807, 2.05) is 0 Å². The molecule has 2 nitrogen and oxygen atoms in total. The zero-order valence-electron chi connectivity index (χ0n) is 12.1. The average Bonchev–Trinajstić information content (AvgIpc) is 2.72. The summed E-state index contributed by atoms with van der Waals surface area (Å²) in [6.45, 7) is 9.26. The molecule has 0 saturated carbocycles. The van der Waals surface area contributed by atoms with Crippen LogP contribution in [0.3, 0.4) is 0 Å². The van der Waals surface area contributed by atoms with Gasteiger partial charge in [0.25, 0.3) is 0 Å². The second kappa shape index (κ2) is 6.25. The molecule has 19 heavy (non-hydrogen) atoms. The van der Waals surface area contributed by atoms with E-state index in [1.165, 1.54) is 11.1 Å². The summed E-state index contributed by atoms with van der Waals surface area (Å²) in [6.07, 6.45) is 2.37. The smallest absolute Gasteiger partial charge is 0.0619 e. The van der Waals surface area contributed by atoms with Crippen molar-refractivity contribution in [3.8, 4) is 0 Å². The molecule has 0 spiro atoms. The van der Waals surface area contributed by atoms with E-state index in [4.69, 9.17) is 16.3 Å². The Kier molecular flexibility index (Phi) is 4.88. The lowest BCUT2D eigenvalue weighted by atomic mass is 9.76. The van der Waals surface area contributed by atoms with Gasteiger partial charge in [-0.05, 0) is 50.4 Å². The highest BCUT2D eigenvalue weighted by Gasteiger charge is 2.41. The molecule has 2 unspecified atom stereocenters. The second-order valence-electron chi connectivity index (χ2n) is 5.68. The van der Waals surface area contributed by atoms with Gasteiger partial charge in [-0.1, -0.05) is 30.7 Å². The van der Waals surface area contributed by atoms with Gasteiger partial charge in [0.2, 0.25) is 0 Å². The Bertz CT molecular complexity index is 435. The van der Waals surface area contributed by atoms with Gasteiger partial charge in [-0.15, -0.1) is 0 Å². The highest BCUT2D eigenvalue weighted by Crippen LogP contribution is 2.39. The summed E-state index contributed by atoms with van der Waals surface area (Å²) in [5.74, 6) is 0. The van der Waals surface area contributed by atoms with E-state index < -0.39 is 0 Å². The van der Waals surface area contributed by atoms with Crippen molar-refractivity contribution in [1.82, 2.24) is 5.32 Å². The number of rotatable bonds is 5. The predicted molar refractivity (Wildman–Crippen MR) is 80.9 cm³/mol. The molecule has 1 fully saturated rings. The van der Waals surface area contributed by atoms with Gasteiger partial charge in [0.15, 0.2) is 0 Å². The molecule has 2 rings (SSSR count). The topological polar surface area (TPSA) is 21.3 Å². The summed E-state index contributed by atoms with van der Waals surface area (Å²) in [5.41, 5.74) is 2.63. The summed E-state index contributed by atoms with van der Waals surface area (Å²) in [6, 6.07) is 6.36. The number of hydrogen-bond acceptors (Lipinski definition) is 2. The van der Waals surface area contributed by atoms with Crippen LogP contribution >= 0.6 is 11.6 Å². The van der Waals surface area contributed by atoms with Crippen LogP contribution in [0, 0.1) is 12.3 Å². The Morgan fingerprint density at radius 1 is 1.47 bits per heavy atom. The first-order valence-electron chi connectivity index (χ1n) is 7.15. The molecule has 1 aliphatic rings. The summed E-state index contributed by atoms with van der Waals surface area (Å²) < 4.78 is 5.82. The normalized spacial score (nSPS) is 26.8. The number of ether oxygens (including phenoxy) is 1. The minimum Gasteiger partial charge on any atom is -0.378 e. The number of benzene rings is 1. The zero-order chi connectivity index (χ0) is 13.9. The molecule has 1 aromatic rings. The largest absolute Gasteiger partial charge is 0.378 e. The van der Waals surface area contributed by atoms with E-state index >= 15 is 0 Å². The maximum absolute atomic E-state index is 6.39. The van der Waals surface area contributed by atoms with E-state index in [-0.39, 0.29) is 11.5 Å². The van der Waals surface area contributed by atoms with Crippen molar-refractivity contribution in [3.63, 3.8) is 0 Å². The molecule has 1 saturated heterocycles. The summed E-state index contributed by atoms with van der Waals surface area (Å²) in [4.78, 5) is 0. The Morgan fingerprint density at radius 3 is 2.84 bits per heavy atom. The third-order valence-electron chi connectivity index (χ3n) is 4.31. The van der Waals surface area contributed by atoms with Gasteiger partial charge in [-0.2, -0.15) is 0 Å². The van der Waals surface area contributed by atoms with E-state index in [9.17, 15) is 0 Å². The van der Waals surface area contributed by atoms with Crippen LogP contribution in [0.25, 0.3) is 0 Å². The van der Waals surface area contributed by atoms with Crippen LogP contribution in [0.2, 0.25) is 5.02 Å². The monoisotopic (exact) mass is 281 g/mol. The third-order valence-corrected chi connectivity index (χ3v) is 4.66. The first-order chi connectivity index (χ1) is 9.07. The van der Waals surface area contributed by atoms with Crippen molar-refractivity contribution in [2.45, 2.75) is 39.7 Å². The fourth-order valence-corrected chi connectivity index (χ4v) is 3.20. The number of nitrogens with one attached hydrogen (secondary N) is 1. The second-order valence-corrected chi connectivity index (χ2v) is 6.08. The van der Waals surface area contributed by atoms with Gasteiger partial charge in [0.1, 0.15) is 0 Å². The minimum absolute atomic E-state index is 0.176. The SMILES string of the molecule is CCNCC1(Cc2ccc(C)cc2Cl)CCOC1C. The molecule has 1 aromatic carbocycles. The van der Waals surface area contributed by atoms with Crippen molar-refractivity contribution in [3.05, 3.63) is 34.3 Å². The first kappa shape index (κ1) is 14.8. The van der Waals surface area contributed by atoms with E-state index in [1.54, 1.807) is 0 Å².